The minimum absolute atomic E-state index is 0.0430. The third-order valence-corrected chi connectivity index (χ3v) is 5.79. The summed E-state index contributed by atoms with van der Waals surface area (Å²) in [6.45, 7) is 8.17. The quantitative estimate of drug-likeness (QED) is 0.766. The highest BCUT2D eigenvalue weighted by atomic mass is 16.6. The van der Waals surface area contributed by atoms with Crippen LogP contribution in [0.15, 0.2) is 0 Å². The highest BCUT2D eigenvalue weighted by molar-refractivity contribution is 5.89. The lowest BCUT2D eigenvalue weighted by molar-refractivity contribution is -0.138. The van der Waals surface area contributed by atoms with Gasteiger partial charge in [0.25, 0.3) is 0 Å². The Morgan fingerprint density at radius 3 is 2.72 bits per heavy atom. The zero-order valence-corrected chi connectivity index (χ0v) is 11.8. The van der Waals surface area contributed by atoms with E-state index in [9.17, 15) is 9.90 Å². The van der Waals surface area contributed by atoms with Crippen LogP contribution in [0.25, 0.3) is 0 Å². The predicted octanol–water partition coefficient (Wildman–Crippen LogP) is 2.17. The smallest absolute Gasteiger partial charge is 0.144 e. The second-order valence-corrected chi connectivity index (χ2v) is 7.12. The maximum Gasteiger partial charge on any atom is 0.144 e. The normalized spacial score (nSPS) is 54.1. The van der Waals surface area contributed by atoms with Crippen molar-refractivity contribution in [2.45, 2.75) is 64.8 Å². The van der Waals surface area contributed by atoms with Gasteiger partial charge >= 0.3 is 0 Å². The third-order valence-electron chi connectivity index (χ3n) is 5.79. The van der Waals surface area contributed by atoms with E-state index in [0.29, 0.717) is 17.6 Å². The minimum atomic E-state index is -0.453. The van der Waals surface area contributed by atoms with Crippen molar-refractivity contribution in [3.63, 3.8) is 0 Å². The first kappa shape index (κ1) is 12.6. The monoisotopic (exact) mass is 252 g/mol. The molecule has 0 aromatic rings. The first-order chi connectivity index (χ1) is 8.34. The summed E-state index contributed by atoms with van der Waals surface area (Å²) in [6.07, 6.45) is 2.32. The molecule has 1 aliphatic heterocycles. The van der Waals surface area contributed by atoms with Crippen LogP contribution in [-0.2, 0) is 9.53 Å². The van der Waals surface area contributed by atoms with Crippen molar-refractivity contribution < 1.29 is 14.6 Å². The number of Topliss-reactive ketones (excluding diaryl/α,β-unsaturated/α-hetero) is 1. The maximum atomic E-state index is 12.8. The summed E-state index contributed by atoms with van der Waals surface area (Å²) in [5.41, 5.74) is -0.757. The molecule has 1 saturated heterocycles. The molecule has 18 heavy (non-hydrogen) atoms. The summed E-state index contributed by atoms with van der Waals surface area (Å²) in [5.74, 6) is 1.25. The molecule has 1 heterocycles. The fourth-order valence-corrected chi connectivity index (χ4v) is 4.67. The van der Waals surface area contributed by atoms with Crippen molar-refractivity contribution in [2.24, 2.45) is 23.2 Å². The van der Waals surface area contributed by atoms with E-state index in [2.05, 4.69) is 6.92 Å². The Hall–Kier alpha value is -0.410. The van der Waals surface area contributed by atoms with E-state index in [0.717, 1.165) is 19.3 Å². The molecule has 2 saturated carbocycles. The summed E-state index contributed by atoms with van der Waals surface area (Å²) in [7, 11) is 0. The molecule has 2 aliphatic carbocycles. The van der Waals surface area contributed by atoms with E-state index in [1.54, 1.807) is 0 Å². The van der Waals surface area contributed by atoms with E-state index in [4.69, 9.17) is 4.74 Å². The van der Waals surface area contributed by atoms with Gasteiger partial charge in [-0.25, -0.2) is 0 Å². The zero-order valence-electron chi connectivity index (χ0n) is 11.8. The van der Waals surface area contributed by atoms with E-state index >= 15 is 0 Å². The lowest BCUT2D eigenvalue weighted by atomic mass is 9.59. The highest BCUT2D eigenvalue weighted by Gasteiger charge is 2.75. The number of epoxide rings is 1. The Morgan fingerprint density at radius 1 is 1.44 bits per heavy atom. The van der Waals surface area contributed by atoms with Gasteiger partial charge in [-0.1, -0.05) is 20.8 Å². The van der Waals surface area contributed by atoms with Gasteiger partial charge in [0.1, 0.15) is 17.5 Å². The number of ketones is 1. The van der Waals surface area contributed by atoms with Gasteiger partial charge in [0.2, 0.25) is 0 Å². The van der Waals surface area contributed by atoms with Gasteiger partial charge in [-0.3, -0.25) is 4.79 Å². The number of hydrogen-bond acceptors (Lipinski definition) is 3. The second kappa shape index (κ2) is 3.57. The van der Waals surface area contributed by atoms with Gasteiger partial charge < -0.3 is 9.84 Å². The second-order valence-electron chi connectivity index (χ2n) is 7.12. The third kappa shape index (κ3) is 1.30. The topological polar surface area (TPSA) is 49.8 Å². The number of carbonyl (C=O) groups excluding carboxylic acids is 1. The zero-order chi connectivity index (χ0) is 13.3. The first-order valence-corrected chi connectivity index (χ1v) is 7.24. The molecule has 0 aromatic heterocycles. The summed E-state index contributed by atoms with van der Waals surface area (Å²) < 4.78 is 5.84. The molecule has 6 atom stereocenters. The number of aliphatic hydroxyl groups is 1. The number of aliphatic hydroxyl groups excluding tert-OH is 1. The van der Waals surface area contributed by atoms with Crippen LogP contribution in [0.2, 0.25) is 0 Å². The van der Waals surface area contributed by atoms with Crippen LogP contribution in [0, 0.1) is 23.2 Å². The molecule has 3 nitrogen and oxygen atoms in total. The molecule has 102 valence electrons. The Balaban J connectivity index is 2.02. The number of hydrogen-bond donors (Lipinski definition) is 1. The van der Waals surface area contributed by atoms with Crippen LogP contribution in [0.5, 0.6) is 0 Å². The molecule has 0 bridgehead atoms. The minimum Gasteiger partial charge on any atom is -0.390 e. The van der Waals surface area contributed by atoms with Crippen molar-refractivity contribution in [1.29, 1.82) is 0 Å². The lowest BCUT2D eigenvalue weighted by Gasteiger charge is -2.42. The molecule has 3 heteroatoms. The Bertz CT molecular complexity index is 391. The Labute approximate surface area is 109 Å². The van der Waals surface area contributed by atoms with Crippen LogP contribution in [-0.4, -0.2) is 28.7 Å². The van der Waals surface area contributed by atoms with Crippen LogP contribution < -0.4 is 0 Å². The van der Waals surface area contributed by atoms with E-state index in [1.165, 1.54) is 0 Å². The number of ether oxygens (including phenoxy) is 1. The van der Waals surface area contributed by atoms with Crippen molar-refractivity contribution in [1.82, 2.24) is 0 Å². The molecule has 3 rings (SSSR count). The fourth-order valence-electron chi connectivity index (χ4n) is 4.67. The molecule has 3 fully saturated rings. The largest absolute Gasteiger partial charge is 0.390 e. The standard InChI is InChI=1S/C15H24O3/c1-8(2)12(17)15-6-5-9(3)10(15)7-11(16)14(4)13(15)18-14/h8-11,13,16H,5-7H2,1-4H3/t9-,10+,11-,13-,14-,15?/m1/s1. The van der Waals surface area contributed by atoms with Crippen LogP contribution >= 0.6 is 0 Å². The van der Waals surface area contributed by atoms with Crippen LogP contribution in [0.4, 0.5) is 0 Å². The number of fused-ring (bicyclic) bond motifs is 3. The number of carbonyl (C=O) groups is 1. The SMILES string of the molecule is CC(C)C(=O)C12CC[C@@H](C)[C@@H]1C[C@@H](O)[C@@]1(C)O[C@@H]21. The molecule has 1 unspecified atom stereocenters. The molecule has 3 aliphatic rings. The van der Waals surface area contributed by atoms with E-state index in [1.807, 2.05) is 20.8 Å². The molecular formula is C15H24O3. The van der Waals surface area contributed by atoms with Crippen molar-refractivity contribution >= 4 is 5.78 Å². The molecule has 0 radical (unpaired) electrons. The van der Waals surface area contributed by atoms with Gasteiger partial charge in [-0.05, 0) is 38.0 Å². The summed E-state index contributed by atoms with van der Waals surface area (Å²) in [6, 6.07) is 0. The Morgan fingerprint density at radius 2 is 2.11 bits per heavy atom. The Kier molecular flexibility index (Phi) is 2.50. The van der Waals surface area contributed by atoms with Gasteiger partial charge in [0.15, 0.2) is 0 Å². The average Bonchev–Trinajstić information content (AvgIpc) is 2.92. The van der Waals surface area contributed by atoms with Gasteiger partial charge in [0, 0.05) is 5.92 Å². The lowest BCUT2D eigenvalue weighted by Crippen LogP contribution is -2.53. The maximum absolute atomic E-state index is 12.8. The fraction of sp³-hybridized carbons (Fsp3) is 0.933. The summed E-state index contributed by atoms with van der Waals surface area (Å²) in [4.78, 5) is 12.8. The molecule has 0 amide bonds. The van der Waals surface area contributed by atoms with Crippen LogP contribution in [0.3, 0.4) is 0 Å². The van der Waals surface area contributed by atoms with E-state index in [-0.39, 0.29) is 17.4 Å². The van der Waals surface area contributed by atoms with E-state index < -0.39 is 11.7 Å². The number of rotatable bonds is 2. The summed E-state index contributed by atoms with van der Waals surface area (Å²) >= 11 is 0. The van der Waals surface area contributed by atoms with Crippen molar-refractivity contribution in [2.75, 3.05) is 0 Å². The summed E-state index contributed by atoms with van der Waals surface area (Å²) in [5, 5.41) is 10.2. The van der Waals surface area contributed by atoms with Gasteiger partial charge in [0.05, 0.1) is 11.5 Å². The van der Waals surface area contributed by atoms with Gasteiger partial charge in [-0.15, -0.1) is 0 Å². The van der Waals surface area contributed by atoms with Crippen molar-refractivity contribution in [3.05, 3.63) is 0 Å². The first-order valence-electron chi connectivity index (χ1n) is 7.24. The molecular weight excluding hydrogens is 228 g/mol. The molecule has 1 N–H and O–H groups in total. The average molecular weight is 252 g/mol. The van der Waals surface area contributed by atoms with Gasteiger partial charge in [-0.2, -0.15) is 0 Å². The van der Waals surface area contributed by atoms with Crippen LogP contribution in [0.1, 0.15) is 47.0 Å². The molecule has 0 aromatic carbocycles. The highest BCUT2D eigenvalue weighted by Crippen LogP contribution is 2.66. The van der Waals surface area contributed by atoms with Crippen molar-refractivity contribution in [3.8, 4) is 0 Å². The molecule has 0 spiro atoms. The predicted molar refractivity (Wildman–Crippen MR) is 68.1 cm³/mol.